The van der Waals surface area contributed by atoms with Crippen LogP contribution in [0.3, 0.4) is 0 Å². The minimum atomic E-state index is -0.964. The Hall–Kier alpha value is -3.85. The molecule has 2 N–H and O–H groups in total. The van der Waals surface area contributed by atoms with Gasteiger partial charge in [-0.05, 0) is 56.9 Å². The maximum Gasteiger partial charge on any atom is 0.266 e. The molecule has 3 aromatic rings. The zero-order valence-electron chi connectivity index (χ0n) is 24.4. The number of hydrogen-bond acceptors (Lipinski definition) is 6. The van der Waals surface area contributed by atoms with Gasteiger partial charge in [-0.1, -0.05) is 30.3 Å². The van der Waals surface area contributed by atoms with Gasteiger partial charge in [0.1, 0.15) is 5.75 Å². The number of piperazine rings is 1. The molecule has 9 heteroatoms. The lowest BCUT2D eigenvalue weighted by molar-refractivity contribution is -0.146. The quantitative estimate of drug-likeness (QED) is 0.414. The highest BCUT2D eigenvalue weighted by atomic mass is 16.5. The summed E-state index contributed by atoms with van der Waals surface area (Å²) in [4.78, 5) is 32.9. The van der Waals surface area contributed by atoms with E-state index in [1.807, 2.05) is 61.2 Å². The van der Waals surface area contributed by atoms with Crippen molar-refractivity contribution in [2.24, 2.45) is 5.92 Å². The summed E-state index contributed by atoms with van der Waals surface area (Å²) in [5.74, 6) is 0.803. The molecule has 2 aliphatic heterocycles. The summed E-state index contributed by atoms with van der Waals surface area (Å²) in [6.45, 7) is 11.5. The van der Waals surface area contributed by atoms with E-state index < -0.39 is 5.60 Å². The van der Waals surface area contributed by atoms with Crippen molar-refractivity contribution in [3.8, 4) is 16.9 Å². The molecule has 2 aliphatic rings. The normalized spacial score (nSPS) is 17.8. The summed E-state index contributed by atoms with van der Waals surface area (Å²) in [6.07, 6.45) is 5.52. The number of H-pyrrole nitrogens is 1. The molecule has 2 aromatic carbocycles. The number of nitrogens with one attached hydrogen (secondary N) is 2. The van der Waals surface area contributed by atoms with Crippen LogP contribution in [-0.2, 0) is 16.1 Å². The molecule has 3 heterocycles. The number of anilines is 1. The van der Waals surface area contributed by atoms with Crippen LogP contribution < -0.4 is 15.0 Å². The fraction of sp³-hybridized carbons (Fsp3) is 0.469. The van der Waals surface area contributed by atoms with Gasteiger partial charge in [-0.2, -0.15) is 5.10 Å². The molecule has 0 aliphatic carbocycles. The smallest absolute Gasteiger partial charge is 0.266 e. The average molecular weight is 559 g/mol. The van der Waals surface area contributed by atoms with Crippen LogP contribution in [0.2, 0.25) is 0 Å². The molecular weight excluding hydrogens is 516 g/mol. The number of aromatic nitrogens is 2. The largest absolute Gasteiger partial charge is 0.478 e. The summed E-state index contributed by atoms with van der Waals surface area (Å²) in [6, 6.07) is 16.3. The molecule has 218 valence electrons. The lowest BCUT2D eigenvalue weighted by Crippen LogP contribution is -2.54. The Balaban J connectivity index is 1.21. The number of carbonyl (C=O) groups is 2. The molecular formula is C32H42N6O3. The van der Waals surface area contributed by atoms with Crippen molar-refractivity contribution < 1.29 is 14.3 Å². The lowest BCUT2D eigenvalue weighted by Gasteiger charge is -2.37. The maximum atomic E-state index is 13.7. The summed E-state index contributed by atoms with van der Waals surface area (Å²) in [7, 11) is 0. The Bertz CT molecular complexity index is 1300. The second-order valence-corrected chi connectivity index (χ2v) is 11.5. The molecule has 0 unspecified atom stereocenters. The number of rotatable bonds is 9. The Morgan fingerprint density at radius 2 is 1.85 bits per heavy atom. The van der Waals surface area contributed by atoms with E-state index in [4.69, 9.17) is 4.74 Å². The van der Waals surface area contributed by atoms with Crippen molar-refractivity contribution in [1.82, 2.24) is 25.3 Å². The van der Waals surface area contributed by atoms with Crippen LogP contribution in [0.1, 0.15) is 39.2 Å². The molecule has 1 aromatic heterocycles. The van der Waals surface area contributed by atoms with Gasteiger partial charge in [0.15, 0.2) is 5.60 Å². The number of nitrogens with zero attached hydrogens (tertiary/aromatic N) is 4. The summed E-state index contributed by atoms with van der Waals surface area (Å²) in [5.41, 5.74) is 3.31. The highest BCUT2D eigenvalue weighted by Crippen LogP contribution is 2.30. The molecule has 0 bridgehead atoms. The molecule has 0 saturated carbocycles. The Kier molecular flexibility index (Phi) is 8.93. The Labute approximate surface area is 242 Å². The number of amides is 2. The second-order valence-electron chi connectivity index (χ2n) is 11.5. The lowest BCUT2D eigenvalue weighted by atomic mass is 9.95. The monoisotopic (exact) mass is 558 g/mol. The Morgan fingerprint density at radius 3 is 2.56 bits per heavy atom. The van der Waals surface area contributed by atoms with Crippen molar-refractivity contribution in [3.63, 3.8) is 0 Å². The summed E-state index contributed by atoms with van der Waals surface area (Å²) in [5, 5.41) is 10.2. The zero-order chi connectivity index (χ0) is 28.8. The number of aromatic amines is 1. The molecule has 0 radical (unpaired) electrons. The van der Waals surface area contributed by atoms with Crippen LogP contribution in [0, 0.1) is 5.92 Å². The van der Waals surface area contributed by atoms with Crippen LogP contribution in [0.25, 0.3) is 11.1 Å². The van der Waals surface area contributed by atoms with Gasteiger partial charge in [-0.3, -0.25) is 14.7 Å². The first-order chi connectivity index (χ1) is 19.8. The van der Waals surface area contributed by atoms with E-state index in [2.05, 4.69) is 50.7 Å². The van der Waals surface area contributed by atoms with E-state index in [0.29, 0.717) is 38.5 Å². The van der Waals surface area contributed by atoms with Crippen LogP contribution in [-0.4, -0.2) is 83.2 Å². The predicted octanol–water partition coefficient (Wildman–Crippen LogP) is 3.93. The average Bonchev–Trinajstić information content (AvgIpc) is 3.55. The van der Waals surface area contributed by atoms with Gasteiger partial charge < -0.3 is 24.8 Å². The molecule has 5 rings (SSSR count). The predicted molar refractivity (Wildman–Crippen MR) is 161 cm³/mol. The maximum absolute atomic E-state index is 13.7. The third-order valence-corrected chi connectivity index (χ3v) is 8.10. The highest BCUT2D eigenvalue weighted by molar-refractivity contribution is 5.85. The van der Waals surface area contributed by atoms with Gasteiger partial charge in [-0.15, -0.1) is 0 Å². The van der Waals surface area contributed by atoms with Gasteiger partial charge in [0.05, 0.1) is 12.1 Å². The van der Waals surface area contributed by atoms with Crippen LogP contribution in [0.4, 0.5) is 5.69 Å². The molecule has 1 atom stereocenters. The first-order valence-electron chi connectivity index (χ1n) is 14.7. The molecule has 2 fully saturated rings. The number of ether oxygens (including phenoxy) is 1. The number of piperidine rings is 1. The Morgan fingerprint density at radius 1 is 1.07 bits per heavy atom. The molecule has 0 spiro atoms. The van der Waals surface area contributed by atoms with Crippen molar-refractivity contribution in [1.29, 1.82) is 0 Å². The van der Waals surface area contributed by atoms with Crippen LogP contribution >= 0.6 is 0 Å². The summed E-state index contributed by atoms with van der Waals surface area (Å²) >= 11 is 0. The minimum Gasteiger partial charge on any atom is -0.478 e. The highest BCUT2D eigenvalue weighted by Gasteiger charge is 2.35. The third-order valence-electron chi connectivity index (χ3n) is 8.10. The molecule has 2 amide bonds. The van der Waals surface area contributed by atoms with Gasteiger partial charge >= 0.3 is 0 Å². The minimum absolute atomic E-state index is 0.00353. The van der Waals surface area contributed by atoms with E-state index in [-0.39, 0.29) is 17.7 Å². The fourth-order valence-corrected chi connectivity index (χ4v) is 5.78. The molecule has 41 heavy (non-hydrogen) atoms. The van der Waals surface area contributed by atoms with Gasteiger partial charge in [0, 0.05) is 75.9 Å². The van der Waals surface area contributed by atoms with E-state index in [1.54, 1.807) is 0 Å². The van der Waals surface area contributed by atoms with E-state index in [1.165, 1.54) is 0 Å². The van der Waals surface area contributed by atoms with Gasteiger partial charge in [0.25, 0.3) is 5.91 Å². The third kappa shape index (κ3) is 6.90. The first-order valence-corrected chi connectivity index (χ1v) is 14.7. The molecule has 9 nitrogen and oxygen atoms in total. The SMILES string of the molecule is CCN(Cc1ccc(-c2cn[nH]c2)cc1)C(=O)[C@H]1CCCN(c2cccc(OC(C)(C)C(=O)N3CCNCC3)c2)C1. The zero-order valence-corrected chi connectivity index (χ0v) is 24.4. The van der Waals surface area contributed by atoms with Crippen molar-refractivity contribution >= 4 is 17.5 Å². The number of carbonyl (C=O) groups excluding carboxylic acids is 2. The van der Waals surface area contributed by atoms with Crippen LogP contribution in [0.5, 0.6) is 5.75 Å². The van der Waals surface area contributed by atoms with E-state index in [9.17, 15) is 9.59 Å². The van der Waals surface area contributed by atoms with Crippen molar-refractivity contribution in [2.75, 3.05) is 50.7 Å². The second kappa shape index (κ2) is 12.8. The van der Waals surface area contributed by atoms with E-state index in [0.717, 1.165) is 54.9 Å². The molecule has 2 saturated heterocycles. The van der Waals surface area contributed by atoms with Crippen LogP contribution in [0.15, 0.2) is 60.9 Å². The standard InChI is InChI=1S/C32H42N6O3/c1-4-36(22-24-10-12-25(13-11-24)27-20-34-35-21-27)30(39)26-7-6-16-38(23-26)28-8-5-9-29(19-28)41-32(2,3)31(40)37-17-14-33-15-18-37/h5,8-13,19-21,26,33H,4,6-7,14-18,22-23H2,1-3H3,(H,34,35)/t26-/m0/s1. The number of hydrogen-bond donors (Lipinski definition) is 2. The first kappa shape index (κ1) is 28.7. The summed E-state index contributed by atoms with van der Waals surface area (Å²) < 4.78 is 6.26. The topological polar surface area (TPSA) is 93.8 Å². The van der Waals surface area contributed by atoms with Crippen molar-refractivity contribution in [2.45, 2.75) is 45.8 Å². The van der Waals surface area contributed by atoms with Gasteiger partial charge in [0.2, 0.25) is 5.91 Å². The number of benzene rings is 2. The van der Waals surface area contributed by atoms with Gasteiger partial charge in [-0.25, -0.2) is 0 Å². The van der Waals surface area contributed by atoms with E-state index >= 15 is 0 Å². The van der Waals surface area contributed by atoms with Crippen molar-refractivity contribution in [3.05, 3.63) is 66.5 Å². The fourth-order valence-electron chi connectivity index (χ4n) is 5.78.